The molecular weight excluding hydrogens is 526 g/mol. The van der Waals surface area contributed by atoms with Gasteiger partial charge in [0.05, 0.1) is 6.54 Å². The van der Waals surface area contributed by atoms with Crippen molar-refractivity contribution < 1.29 is 19.1 Å². The van der Waals surface area contributed by atoms with Crippen molar-refractivity contribution in [1.29, 1.82) is 0 Å². The number of rotatable bonds is 8. The first kappa shape index (κ1) is 27.9. The van der Waals surface area contributed by atoms with Gasteiger partial charge in [-0.2, -0.15) is 0 Å². The third-order valence-electron chi connectivity index (χ3n) is 7.29. The lowest BCUT2D eigenvalue weighted by Gasteiger charge is -2.34. The number of thiazole rings is 1. The monoisotopic (exact) mass is 563 g/mol. The topological polar surface area (TPSA) is 87.2 Å². The summed E-state index contributed by atoms with van der Waals surface area (Å²) in [6, 6.07) is 13.8. The summed E-state index contributed by atoms with van der Waals surface area (Å²) in [4.78, 5) is 36.8. The fourth-order valence-electron chi connectivity index (χ4n) is 4.83. The predicted octanol–water partition coefficient (Wildman–Crippen LogP) is 5.40. The van der Waals surface area contributed by atoms with E-state index in [0.717, 1.165) is 41.8 Å². The maximum atomic E-state index is 13.2. The number of fused-ring (bicyclic) bond motifs is 1. The highest BCUT2D eigenvalue weighted by molar-refractivity contribution is 7.09. The molecule has 0 unspecified atom stereocenters. The molecule has 2 aromatic carbocycles. The van der Waals surface area contributed by atoms with E-state index in [-0.39, 0.29) is 24.8 Å². The zero-order valence-corrected chi connectivity index (χ0v) is 24.4. The molecule has 1 N–H and O–H groups in total. The van der Waals surface area contributed by atoms with Gasteiger partial charge in [-0.15, -0.1) is 11.3 Å². The Morgan fingerprint density at radius 2 is 1.73 bits per heavy atom. The van der Waals surface area contributed by atoms with Gasteiger partial charge in [0.15, 0.2) is 11.5 Å². The van der Waals surface area contributed by atoms with Gasteiger partial charge in [-0.25, -0.2) is 9.78 Å². The lowest BCUT2D eigenvalue weighted by molar-refractivity contribution is 0.0623. The van der Waals surface area contributed by atoms with E-state index in [0.29, 0.717) is 31.2 Å². The minimum absolute atomic E-state index is 0.0316. The quantitative estimate of drug-likeness (QED) is 0.395. The number of nitrogens with one attached hydrogen (secondary N) is 1. The third kappa shape index (κ3) is 6.56. The van der Waals surface area contributed by atoms with Gasteiger partial charge >= 0.3 is 6.03 Å². The van der Waals surface area contributed by atoms with Crippen molar-refractivity contribution in [3.05, 3.63) is 69.7 Å². The van der Waals surface area contributed by atoms with Crippen molar-refractivity contribution >= 4 is 29.0 Å². The fraction of sp³-hybridized carbons (Fsp3) is 0.433. The molecule has 3 amide bonds. The second-order valence-electron chi connectivity index (χ2n) is 10.8. The highest BCUT2D eigenvalue weighted by atomic mass is 32.1. The van der Waals surface area contributed by atoms with E-state index in [4.69, 9.17) is 9.47 Å². The zero-order valence-electron chi connectivity index (χ0n) is 23.6. The minimum atomic E-state index is -0.186. The van der Waals surface area contributed by atoms with Gasteiger partial charge in [0.1, 0.15) is 10.7 Å². The van der Waals surface area contributed by atoms with Crippen molar-refractivity contribution in [2.45, 2.75) is 52.7 Å². The van der Waals surface area contributed by atoms with Crippen LogP contribution in [0.4, 0.5) is 10.5 Å². The number of piperazine rings is 1. The van der Waals surface area contributed by atoms with Crippen LogP contribution in [-0.4, -0.2) is 70.6 Å². The second-order valence-corrected chi connectivity index (χ2v) is 11.8. The number of ether oxygens (including phenoxy) is 2. The average molecular weight is 564 g/mol. The summed E-state index contributed by atoms with van der Waals surface area (Å²) in [5, 5.41) is 5.54. The summed E-state index contributed by atoms with van der Waals surface area (Å²) in [5.74, 6) is 1.95. The molecular formula is C30H37N5O4S. The van der Waals surface area contributed by atoms with Gasteiger partial charge < -0.3 is 24.6 Å². The molecule has 40 heavy (non-hydrogen) atoms. The first-order valence-electron chi connectivity index (χ1n) is 13.8. The summed E-state index contributed by atoms with van der Waals surface area (Å²) >= 11 is 1.42. The Balaban J connectivity index is 1.14. The molecule has 0 atom stereocenters. The highest BCUT2D eigenvalue weighted by Crippen LogP contribution is 2.33. The second kappa shape index (κ2) is 12.3. The van der Waals surface area contributed by atoms with E-state index in [2.05, 4.69) is 35.1 Å². The molecule has 3 heterocycles. The van der Waals surface area contributed by atoms with Crippen molar-refractivity contribution in [3.8, 4) is 11.5 Å². The van der Waals surface area contributed by atoms with Crippen LogP contribution in [0.1, 0.15) is 60.2 Å². The fourth-order valence-corrected chi connectivity index (χ4v) is 5.60. The third-order valence-corrected chi connectivity index (χ3v) is 8.13. The van der Waals surface area contributed by atoms with Crippen LogP contribution in [0, 0.1) is 0 Å². The van der Waals surface area contributed by atoms with Crippen LogP contribution in [0.2, 0.25) is 0 Å². The van der Waals surface area contributed by atoms with E-state index < -0.39 is 0 Å². The first-order valence-corrected chi connectivity index (χ1v) is 14.7. The first-order chi connectivity index (χ1) is 19.3. The van der Waals surface area contributed by atoms with Crippen LogP contribution in [-0.2, 0) is 13.1 Å². The average Bonchev–Trinajstić information content (AvgIpc) is 3.61. The number of anilines is 1. The van der Waals surface area contributed by atoms with Crippen LogP contribution in [0.15, 0.2) is 47.8 Å². The number of amides is 3. The van der Waals surface area contributed by atoms with Crippen molar-refractivity contribution in [2.75, 3.05) is 38.3 Å². The number of carbonyl (C=O) groups is 2. The Morgan fingerprint density at radius 3 is 2.42 bits per heavy atom. The maximum Gasteiger partial charge on any atom is 0.322 e. The van der Waals surface area contributed by atoms with Crippen molar-refractivity contribution in [1.82, 2.24) is 19.7 Å². The Morgan fingerprint density at radius 1 is 1.00 bits per heavy atom. The molecule has 2 aliphatic rings. The molecule has 10 heteroatoms. The molecule has 1 saturated heterocycles. The van der Waals surface area contributed by atoms with E-state index in [9.17, 15) is 9.59 Å². The van der Waals surface area contributed by atoms with Crippen LogP contribution in [0.5, 0.6) is 11.5 Å². The zero-order chi connectivity index (χ0) is 28.2. The Bertz CT molecular complexity index is 1330. The summed E-state index contributed by atoms with van der Waals surface area (Å²) in [6.07, 6.45) is 0. The highest BCUT2D eigenvalue weighted by Gasteiger charge is 2.26. The van der Waals surface area contributed by atoms with Crippen molar-refractivity contribution in [2.24, 2.45) is 0 Å². The normalized spacial score (nSPS) is 15.1. The largest absolute Gasteiger partial charge is 0.454 e. The predicted molar refractivity (Wildman–Crippen MR) is 156 cm³/mol. The molecule has 5 rings (SSSR count). The number of urea groups is 1. The van der Waals surface area contributed by atoms with Gasteiger partial charge in [0.25, 0.3) is 5.91 Å². The lowest BCUT2D eigenvalue weighted by atomic mass is 10.0. The van der Waals surface area contributed by atoms with E-state index >= 15 is 0 Å². The number of benzene rings is 2. The Hall–Kier alpha value is -3.63. The van der Waals surface area contributed by atoms with E-state index in [1.165, 1.54) is 22.5 Å². The molecule has 1 fully saturated rings. The summed E-state index contributed by atoms with van der Waals surface area (Å²) in [7, 11) is 0. The molecule has 0 aliphatic carbocycles. The Labute approximate surface area is 239 Å². The van der Waals surface area contributed by atoms with Gasteiger partial charge in [-0.05, 0) is 55.2 Å². The molecule has 2 aliphatic heterocycles. The molecule has 0 spiro atoms. The lowest BCUT2D eigenvalue weighted by Crippen LogP contribution is -2.48. The summed E-state index contributed by atoms with van der Waals surface area (Å²) in [6.45, 7) is 12.5. The SMILES string of the molecule is CC(C)c1ccc(NC(=O)N(Cc2nc(C(=O)N3CCN(Cc4ccc5c(c4)OCO5)CC3)cs2)C(C)C)cc1. The van der Waals surface area contributed by atoms with Crippen LogP contribution < -0.4 is 14.8 Å². The number of carbonyl (C=O) groups excluding carboxylic acids is 2. The van der Waals surface area contributed by atoms with Gasteiger partial charge in [0, 0.05) is 49.8 Å². The molecule has 0 saturated carbocycles. The number of aromatic nitrogens is 1. The van der Waals surface area contributed by atoms with Crippen LogP contribution in [0.25, 0.3) is 0 Å². The molecule has 0 radical (unpaired) electrons. The van der Waals surface area contributed by atoms with Gasteiger partial charge in [-0.3, -0.25) is 9.69 Å². The van der Waals surface area contributed by atoms with Crippen molar-refractivity contribution in [3.63, 3.8) is 0 Å². The molecule has 212 valence electrons. The summed E-state index contributed by atoms with van der Waals surface area (Å²) in [5.41, 5.74) is 3.59. The molecule has 1 aromatic heterocycles. The molecule has 0 bridgehead atoms. The number of nitrogens with zero attached hydrogens (tertiary/aromatic N) is 4. The summed E-state index contributed by atoms with van der Waals surface area (Å²) < 4.78 is 10.9. The molecule has 9 nitrogen and oxygen atoms in total. The number of hydrogen-bond acceptors (Lipinski definition) is 7. The standard InChI is InChI=1S/C30H37N5O4S/c1-20(2)23-6-8-24(9-7-23)31-30(37)35(21(3)4)17-28-32-25(18-40-28)29(36)34-13-11-33(12-14-34)16-22-5-10-26-27(15-22)39-19-38-26/h5-10,15,18,20-21H,11-14,16-17,19H2,1-4H3,(H,31,37). The Kier molecular flexibility index (Phi) is 8.56. The van der Waals surface area contributed by atoms with Gasteiger partial charge in [0.2, 0.25) is 6.79 Å². The van der Waals surface area contributed by atoms with Crippen LogP contribution in [0.3, 0.4) is 0 Å². The minimum Gasteiger partial charge on any atom is -0.454 e. The maximum absolute atomic E-state index is 13.2. The smallest absolute Gasteiger partial charge is 0.322 e. The molecule has 3 aromatic rings. The number of hydrogen-bond donors (Lipinski definition) is 1. The van der Waals surface area contributed by atoms with E-state index in [1.54, 1.807) is 10.3 Å². The van der Waals surface area contributed by atoms with E-state index in [1.807, 2.05) is 55.1 Å². The van der Waals surface area contributed by atoms with Crippen LogP contribution >= 0.6 is 11.3 Å². The van der Waals surface area contributed by atoms with Gasteiger partial charge in [-0.1, -0.05) is 32.0 Å².